The van der Waals surface area contributed by atoms with Crippen molar-refractivity contribution in [2.75, 3.05) is 0 Å². The van der Waals surface area contributed by atoms with Crippen molar-refractivity contribution in [3.63, 3.8) is 0 Å². The van der Waals surface area contributed by atoms with Crippen LogP contribution in [0, 0.1) is 11.5 Å². The number of hydrogen-bond donors (Lipinski definition) is 0. The number of rotatable bonds is 5. The summed E-state index contributed by atoms with van der Waals surface area (Å²) in [6, 6.07) is 29.0. The lowest BCUT2D eigenvalue weighted by atomic mass is 9.91. The number of nitriles is 1. The van der Waals surface area contributed by atoms with E-state index in [4.69, 9.17) is 14.5 Å². The van der Waals surface area contributed by atoms with Gasteiger partial charge >= 0.3 is 0 Å². The molecule has 7 heteroatoms. The van der Waals surface area contributed by atoms with E-state index in [1.54, 1.807) is 60.9 Å². The smallest absolute Gasteiger partial charge is 0.292 e. The summed E-state index contributed by atoms with van der Waals surface area (Å²) in [4.78, 5) is 14.4. The zero-order valence-electron chi connectivity index (χ0n) is 18.7. The van der Waals surface area contributed by atoms with Crippen molar-refractivity contribution in [2.24, 2.45) is 4.99 Å². The molecule has 4 aromatic rings. The fraction of sp³-hybridized carbons (Fsp3) is 0.0714. The van der Waals surface area contributed by atoms with E-state index in [1.807, 2.05) is 55.5 Å². The van der Waals surface area contributed by atoms with Crippen LogP contribution in [0.3, 0.4) is 0 Å². The van der Waals surface area contributed by atoms with Crippen molar-refractivity contribution in [3.05, 3.63) is 108 Å². The number of benzene rings is 4. The zero-order chi connectivity index (χ0) is 24.5. The molecule has 0 saturated carbocycles. The molecule has 0 saturated heterocycles. The molecule has 0 N–H and O–H groups in total. The number of nitrogens with zero attached hydrogens (tertiary/aromatic N) is 2. The number of para-hydroxylation sites is 1. The Morgan fingerprint density at radius 2 is 1.46 bits per heavy atom. The highest BCUT2D eigenvalue weighted by atomic mass is 31.2. The van der Waals surface area contributed by atoms with E-state index in [0.717, 1.165) is 11.1 Å². The van der Waals surface area contributed by atoms with E-state index in [-0.39, 0.29) is 0 Å². The van der Waals surface area contributed by atoms with Crippen LogP contribution in [0.25, 0.3) is 11.1 Å². The van der Waals surface area contributed by atoms with Crippen LogP contribution in [-0.2, 0) is 14.5 Å². The maximum absolute atomic E-state index is 15.3. The van der Waals surface area contributed by atoms with Gasteiger partial charge in [0.15, 0.2) is 0 Å². The third kappa shape index (κ3) is 3.55. The summed E-state index contributed by atoms with van der Waals surface area (Å²) in [5.41, 5.74) is 3.61. The van der Waals surface area contributed by atoms with Gasteiger partial charge in [-0.2, -0.15) is 4.99 Å². The molecule has 0 bridgehead atoms. The van der Waals surface area contributed by atoms with Crippen LogP contribution in [0.1, 0.15) is 18.1 Å². The van der Waals surface area contributed by atoms with E-state index >= 15 is 4.57 Å². The van der Waals surface area contributed by atoms with Crippen molar-refractivity contribution in [1.82, 2.24) is 0 Å². The van der Waals surface area contributed by atoms with Crippen molar-refractivity contribution >= 4 is 24.4 Å². The molecule has 0 aromatic heterocycles. The molecule has 1 heterocycles. The molecule has 1 aliphatic rings. The Morgan fingerprint density at radius 3 is 2.11 bits per heavy atom. The van der Waals surface area contributed by atoms with Gasteiger partial charge in [0.25, 0.3) is 13.6 Å². The molecule has 0 aliphatic carbocycles. The van der Waals surface area contributed by atoms with Crippen LogP contribution in [0.15, 0.2) is 102 Å². The second-order valence-electron chi connectivity index (χ2n) is 8.20. The van der Waals surface area contributed by atoms with E-state index in [9.17, 15) is 4.79 Å². The maximum Gasteiger partial charge on any atom is 0.292 e. The summed E-state index contributed by atoms with van der Waals surface area (Å²) >= 11 is 0. The Labute approximate surface area is 202 Å². The predicted octanol–water partition coefficient (Wildman–Crippen LogP) is 6.44. The van der Waals surface area contributed by atoms with Gasteiger partial charge in [-0.25, -0.2) is 4.79 Å². The summed E-state index contributed by atoms with van der Waals surface area (Å²) in [5, 5.41) is 8.36. The molecule has 0 spiro atoms. The van der Waals surface area contributed by atoms with Gasteiger partial charge in [0.2, 0.25) is 6.08 Å². The number of carbonyl (C=O) groups excluding carboxylic acids is 1. The summed E-state index contributed by atoms with van der Waals surface area (Å²) in [5.74, 6) is 0.926. The number of hydrogen-bond acceptors (Lipinski definition) is 6. The molecule has 2 unspecified atom stereocenters. The minimum absolute atomic E-state index is 0.378. The SMILES string of the molecule is CC(c1ccc(N=C=O)cc1)(c1ccc(OC#N)cc1)P1(=O)Oc2ccccc2-c2ccccc21. The molecule has 4 aromatic carbocycles. The van der Waals surface area contributed by atoms with Crippen molar-refractivity contribution in [3.8, 4) is 28.9 Å². The van der Waals surface area contributed by atoms with Gasteiger partial charge in [0.1, 0.15) is 16.7 Å². The molecular weight excluding hydrogens is 459 g/mol. The van der Waals surface area contributed by atoms with Crippen LogP contribution in [0.5, 0.6) is 11.5 Å². The lowest BCUT2D eigenvalue weighted by Gasteiger charge is -2.41. The largest absolute Gasteiger partial charge is 0.438 e. The zero-order valence-corrected chi connectivity index (χ0v) is 19.6. The highest BCUT2D eigenvalue weighted by Gasteiger charge is 2.53. The molecule has 0 radical (unpaired) electrons. The second kappa shape index (κ2) is 8.74. The fourth-order valence-corrected chi connectivity index (χ4v) is 7.54. The number of aliphatic imine (C=N–C) groups is 1. The molecular formula is C28H19N2O4P. The highest BCUT2D eigenvalue weighted by Crippen LogP contribution is 2.68. The average Bonchev–Trinajstić information content (AvgIpc) is 2.90. The van der Waals surface area contributed by atoms with E-state index < -0.39 is 12.5 Å². The van der Waals surface area contributed by atoms with Crippen LogP contribution in [0.2, 0.25) is 0 Å². The molecule has 35 heavy (non-hydrogen) atoms. The Balaban J connectivity index is 1.78. The van der Waals surface area contributed by atoms with Gasteiger partial charge in [0.05, 0.1) is 11.0 Å². The Hall–Kier alpha value is -4.42. The monoisotopic (exact) mass is 478 g/mol. The summed E-state index contributed by atoms with van der Waals surface area (Å²) in [7, 11) is -3.68. The van der Waals surface area contributed by atoms with Crippen molar-refractivity contribution < 1.29 is 18.6 Å². The van der Waals surface area contributed by atoms with E-state index in [1.165, 1.54) is 0 Å². The summed E-state index contributed by atoms with van der Waals surface area (Å²) in [6.45, 7) is 1.89. The first kappa shape index (κ1) is 22.4. The van der Waals surface area contributed by atoms with Gasteiger partial charge in [-0.05, 0) is 60.0 Å². The van der Waals surface area contributed by atoms with Crippen LogP contribution in [0.4, 0.5) is 5.69 Å². The van der Waals surface area contributed by atoms with E-state index in [0.29, 0.717) is 33.6 Å². The van der Waals surface area contributed by atoms with Gasteiger partial charge in [0, 0.05) is 5.56 Å². The highest BCUT2D eigenvalue weighted by molar-refractivity contribution is 7.69. The number of isocyanates is 1. The quantitative estimate of drug-likeness (QED) is 0.143. The average molecular weight is 478 g/mol. The minimum Gasteiger partial charge on any atom is -0.438 e. The van der Waals surface area contributed by atoms with Gasteiger partial charge in [-0.1, -0.05) is 60.7 Å². The maximum atomic E-state index is 15.3. The van der Waals surface area contributed by atoms with Crippen molar-refractivity contribution in [2.45, 2.75) is 12.1 Å². The Bertz CT molecular complexity index is 1550. The molecule has 0 fully saturated rings. The number of fused-ring (bicyclic) bond motifs is 3. The molecule has 5 rings (SSSR count). The normalized spacial score (nSPS) is 17.4. The second-order valence-corrected chi connectivity index (χ2v) is 10.9. The van der Waals surface area contributed by atoms with Crippen molar-refractivity contribution in [1.29, 1.82) is 5.26 Å². The van der Waals surface area contributed by atoms with Crippen LogP contribution in [-0.4, -0.2) is 6.08 Å². The topological polar surface area (TPSA) is 88.8 Å². The predicted molar refractivity (Wildman–Crippen MR) is 133 cm³/mol. The lowest BCUT2D eigenvalue weighted by Crippen LogP contribution is -2.34. The lowest BCUT2D eigenvalue weighted by molar-refractivity contribution is 0.463. The summed E-state index contributed by atoms with van der Waals surface area (Å²) in [6.07, 6.45) is 3.21. The minimum atomic E-state index is -3.68. The molecule has 6 nitrogen and oxygen atoms in total. The Morgan fingerprint density at radius 1 is 0.857 bits per heavy atom. The van der Waals surface area contributed by atoms with Crippen LogP contribution >= 0.6 is 7.37 Å². The molecule has 170 valence electrons. The summed E-state index contributed by atoms with van der Waals surface area (Å²) < 4.78 is 26.7. The molecule has 2 atom stereocenters. The molecule has 1 aliphatic heterocycles. The van der Waals surface area contributed by atoms with Gasteiger partial charge in [-0.15, -0.1) is 5.26 Å². The third-order valence-corrected chi connectivity index (χ3v) is 9.57. The number of ether oxygens (including phenoxy) is 1. The first-order valence-corrected chi connectivity index (χ1v) is 12.5. The first-order valence-electron chi connectivity index (χ1n) is 10.8. The first-order chi connectivity index (χ1) is 17.0. The fourth-order valence-electron chi connectivity index (χ4n) is 4.57. The van der Waals surface area contributed by atoms with Gasteiger partial charge < -0.3 is 9.26 Å². The molecule has 0 amide bonds. The van der Waals surface area contributed by atoms with E-state index in [2.05, 4.69) is 4.99 Å². The Kier molecular flexibility index (Phi) is 5.59. The standard InChI is InChI=1S/C28H19N2O4P/c1-28(20-10-14-22(15-11-20)30-19-31,21-12-16-23(17-13-21)33-18-29)35(32)27-9-5-3-7-25(27)24-6-2-4-8-26(24)34-35/h2-17H,1H3. The van der Waals surface area contributed by atoms with Gasteiger partial charge in [-0.3, -0.25) is 4.57 Å². The van der Waals surface area contributed by atoms with Crippen LogP contribution < -0.4 is 14.6 Å². The third-order valence-electron chi connectivity index (χ3n) is 6.40.